The topological polar surface area (TPSA) is 407 Å². The summed E-state index contributed by atoms with van der Waals surface area (Å²) < 4.78 is 179. The monoisotopic (exact) mass is 2090 g/mol. The van der Waals surface area contributed by atoms with Crippen LogP contribution in [0.25, 0.3) is 93.4 Å². The third-order valence-corrected chi connectivity index (χ3v) is 32.1. The lowest BCUT2D eigenvalue weighted by molar-refractivity contribution is 0.122. The Balaban J connectivity index is 0.000000120. The number of pyridine rings is 7. The summed E-state index contributed by atoms with van der Waals surface area (Å²) in [5.74, 6) is 0.715. The number of rotatable bonds is 24. The number of aromatic nitrogens is 9. The third-order valence-electron chi connectivity index (χ3n) is 22.5. The number of morpholine rings is 1. The molecule has 10 heterocycles. The lowest BCUT2D eigenvalue weighted by atomic mass is 10.1. The smallest absolute Gasteiger partial charge is 0.279 e. The summed E-state index contributed by atoms with van der Waals surface area (Å²) in [5, 5.41) is 11.8. The molecule has 38 heteroatoms. The van der Waals surface area contributed by atoms with Gasteiger partial charge in [0.2, 0.25) is 10.0 Å². The molecule has 1 aliphatic rings. The highest BCUT2D eigenvalue weighted by atomic mass is 35.5. The fourth-order valence-corrected chi connectivity index (χ4v) is 22.9. The van der Waals surface area contributed by atoms with Crippen molar-refractivity contribution in [1.29, 1.82) is 0 Å². The van der Waals surface area contributed by atoms with Gasteiger partial charge in [-0.15, -0.1) is 11.3 Å². The van der Waals surface area contributed by atoms with E-state index >= 15 is 0 Å². The summed E-state index contributed by atoms with van der Waals surface area (Å²) in [4.78, 5) is 32.4. The minimum Gasteiger partial charge on any atom is -0.497 e. The molecular weight excluding hydrogens is 2010 g/mol. The summed E-state index contributed by atoms with van der Waals surface area (Å²) in [5.41, 5.74) is 12.7. The van der Waals surface area contributed by atoms with Crippen molar-refractivity contribution in [3.05, 3.63) is 436 Å². The van der Waals surface area contributed by atoms with Gasteiger partial charge in [0.25, 0.3) is 50.1 Å². The molecule has 9 aromatic heterocycles. The second kappa shape index (κ2) is 45.8. The number of thiophene rings is 1. The zero-order valence-corrected chi connectivity index (χ0v) is 83.8. The number of halogens is 1. The first-order chi connectivity index (χ1) is 70.7. The van der Waals surface area contributed by atoms with E-state index in [4.69, 9.17) is 21.1 Å². The van der Waals surface area contributed by atoms with Crippen LogP contribution in [0.1, 0.15) is 5.56 Å². The van der Waals surface area contributed by atoms with E-state index in [0.717, 1.165) is 90.3 Å². The van der Waals surface area contributed by atoms with Crippen molar-refractivity contribution in [2.75, 3.05) is 66.6 Å². The van der Waals surface area contributed by atoms with Crippen molar-refractivity contribution in [3.63, 3.8) is 0 Å². The van der Waals surface area contributed by atoms with Gasteiger partial charge in [0.05, 0.1) is 126 Å². The number of nitrogens with zero attached hydrogens (tertiary/aromatic N) is 10. The fraction of sp³-hybridized carbons (Fsp3) is 0.0556. The van der Waals surface area contributed by atoms with E-state index in [1.807, 2.05) is 170 Å². The van der Waals surface area contributed by atoms with Gasteiger partial charge >= 0.3 is 0 Å². The summed E-state index contributed by atoms with van der Waals surface area (Å²) in [7, 11) is -20.3. The lowest BCUT2D eigenvalue weighted by Gasteiger charge is -2.28. The predicted octanol–water partition coefficient (Wildman–Crippen LogP) is 21.8. The fourth-order valence-electron chi connectivity index (χ4n) is 15.4. The molecule has 1 saturated heterocycles. The van der Waals surface area contributed by atoms with E-state index in [1.54, 1.807) is 261 Å². The molecule has 21 aromatic rings. The van der Waals surface area contributed by atoms with Crippen molar-refractivity contribution in [1.82, 2.24) is 44.7 Å². The summed E-state index contributed by atoms with van der Waals surface area (Å²) in [6.45, 7) is 2.87. The first kappa shape index (κ1) is 101. The Kier molecular flexibility index (Phi) is 31.7. The molecule has 146 heavy (non-hydrogen) atoms. The molecule has 22 rings (SSSR count). The van der Waals surface area contributed by atoms with Crippen LogP contribution in [0.2, 0.25) is 5.02 Å². The number of para-hydroxylation sites is 6. The Bertz CT molecular complexity index is 8880. The zero-order valence-electron chi connectivity index (χ0n) is 77.4. The van der Waals surface area contributed by atoms with Gasteiger partial charge in [-0.2, -0.15) is 13.5 Å². The van der Waals surface area contributed by atoms with Crippen molar-refractivity contribution in [2.45, 2.75) is 29.7 Å². The molecule has 0 aliphatic carbocycles. The van der Waals surface area contributed by atoms with Crippen LogP contribution >= 0.6 is 22.9 Å². The van der Waals surface area contributed by atoms with Crippen molar-refractivity contribution in [3.8, 4) is 33.7 Å². The van der Waals surface area contributed by atoms with Crippen LogP contribution in [0.5, 0.6) is 5.75 Å². The number of hydrogen-bond donors (Lipinski definition) is 6. The molecule has 12 aromatic carbocycles. The van der Waals surface area contributed by atoms with E-state index in [2.05, 4.69) is 73.2 Å². The number of anilines is 7. The van der Waals surface area contributed by atoms with E-state index in [0.29, 0.717) is 89.7 Å². The number of sulfonamides is 6. The maximum absolute atomic E-state index is 12.8. The second-order valence-corrected chi connectivity index (χ2v) is 44.0. The standard InChI is InChI=1S/C22H18N2O3S.C21H15ClN2O2S.C18H18N4O3S.C18H14N4O2S.C16H14N2O2S.C13H10N2O2S2/c1-27-19-11-7-16(8-12-19)17-9-13-20(14-10-17)28(25,26)24-21-6-2-4-18-5-3-15-23-22(18)21;22-18-10-6-15(7-11-18)16-8-12-19(13-9-16)27(25,26)24-20-5-1-3-17-4-2-14-23-21(17)20;23-26(24,21-16-5-1-3-14-4-2-8-19-18(14)16)17-7-6-15(13-20-17)22-9-11-25-12-10-22;23-25(24,16-9-7-15(8-10-16)22-13-3-12-20-22)21-17-6-1-4-14-5-2-11-19-18(14)17;19-21(20,12-13-6-2-1-3-7-13)18-15-10-4-8-14-9-5-11-17-16(14)15;16-19(17,12-7-3-9-18-12)15-11-6-1-4-10-5-2-8-14-13(10)11/h2-15,24H,1H3;1-14,24H;1-8,13,21H,9-12H2;1-13,21H;1-11,18H,12H2;1-9,15H. The zero-order chi connectivity index (χ0) is 102. The maximum Gasteiger partial charge on any atom is 0.279 e. The molecule has 0 unspecified atom stereocenters. The quantitative estimate of drug-likeness (QED) is 0.0327. The Hall–Kier alpha value is -16.5. The van der Waals surface area contributed by atoms with Crippen LogP contribution in [0.15, 0.2) is 449 Å². The molecule has 0 radical (unpaired) electrons. The van der Waals surface area contributed by atoms with Crippen molar-refractivity contribution < 1.29 is 60.0 Å². The Morgan fingerprint density at radius 1 is 0.322 bits per heavy atom. The van der Waals surface area contributed by atoms with Gasteiger partial charge in [-0.05, 0) is 203 Å². The molecule has 6 N–H and O–H groups in total. The van der Waals surface area contributed by atoms with Gasteiger partial charge < -0.3 is 14.4 Å². The van der Waals surface area contributed by atoms with Gasteiger partial charge in [-0.3, -0.25) is 58.2 Å². The number of ether oxygens (including phenoxy) is 2. The lowest BCUT2D eigenvalue weighted by Crippen LogP contribution is -2.36. The minimum absolute atomic E-state index is 0.0255. The van der Waals surface area contributed by atoms with Crippen LogP contribution in [0.3, 0.4) is 0 Å². The molecule has 1 aliphatic heterocycles. The molecule has 734 valence electrons. The number of hydrogen-bond acceptors (Lipinski definition) is 24. The molecule has 0 spiro atoms. The molecule has 0 saturated carbocycles. The number of benzene rings is 12. The van der Waals surface area contributed by atoms with Gasteiger partial charge in [0, 0.05) is 100 Å². The Morgan fingerprint density at radius 2 is 0.664 bits per heavy atom. The highest BCUT2D eigenvalue weighted by molar-refractivity contribution is 7.95. The van der Waals surface area contributed by atoms with Crippen LogP contribution in [-0.2, 0) is 70.6 Å². The summed E-state index contributed by atoms with van der Waals surface area (Å²) in [6, 6.07) is 107. The van der Waals surface area contributed by atoms with E-state index in [9.17, 15) is 50.5 Å². The normalized spacial score (nSPS) is 12.1. The van der Waals surface area contributed by atoms with Gasteiger partial charge in [-0.25, -0.2) is 51.8 Å². The van der Waals surface area contributed by atoms with E-state index < -0.39 is 60.1 Å². The maximum atomic E-state index is 12.8. The van der Waals surface area contributed by atoms with Gasteiger partial charge in [-0.1, -0.05) is 206 Å². The van der Waals surface area contributed by atoms with Crippen LogP contribution < -0.4 is 38.0 Å². The number of fused-ring (bicyclic) bond motifs is 6. The highest BCUT2D eigenvalue weighted by Gasteiger charge is 2.25. The first-order valence-corrected chi connectivity index (χ1v) is 55.2. The molecule has 30 nitrogen and oxygen atoms in total. The second-order valence-electron chi connectivity index (χ2n) is 32.3. The van der Waals surface area contributed by atoms with E-state index in [-0.39, 0.29) is 25.5 Å². The highest BCUT2D eigenvalue weighted by Crippen LogP contribution is 2.35. The Labute approximate surface area is 851 Å². The minimum atomic E-state index is -3.80. The number of nitrogens with one attached hydrogen (secondary N) is 6. The Morgan fingerprint density at radius 3 is 1.01 bits per heavy atom. The summed E-state index contributed by atoms with van der Waals surface area (Å²) >= 11 is 7.09. The van der Waals surface area contributed by atoms with Gasteiger partial charge in [0.15, 0.2) is 5.03 Å². The first-order valence-electron chi connectivity index (χ1n) is 44.9. The predicted molar refractivity (Wildman–Crippen MR) is 578 cm³/mol. The van der Waals surface area contributed by atoms with Crippen molar-refractivity contribution >= 4 is 188 Å². The van der Waals surface area contributed by atoms with Gasteiger partial charge in [0.1, 0.15) is 9.96 Å². The van der Waals surface area contributed by atoms with Crippen LogP contribution in [-0.4, -0.2) is 129 Å². The molecule has 1 fully saturated rings. The van der Waals surface area contributed by atoms with E-state index in [1.165, 1.54) is 17.4 Å². The molecule has 0 amide bonds. The SMILES string of the molecule is COc1ccc(-c2ccc(S(=O)(=O)Nc3cccc4cccnc34)cc2)cc1.O=S(=O)(Cc1ccccc1)Nc1cccc2cccnc12.O=S(=O)(Nc1cccc2cccnc12)c1ccc(-c2ccc(Cl)cc2)cc1.O=S(=O)(Nc1cccc2cccnc12)c1ccc(-n2cccn2)cc1.O=S(=O)(Nc1cccc2cccnc12)c1ccc(N2CCOCC2)cn1.O=S(=O)(Nc1cccc2cccnc12)c1cccs1. The average molecular weight is 2090 g/mol. The molecular formula is C108H89ClN16O14S7. The largest absolute Gasteiger partial charge is 0.497 e. The molecule has 0 atom stereocenters. The average Bonchev–Trinajstić information content (AvgIpc) is 0.978. The third kappa shape index (κ3) is 25.6. The number of methoxy groups -OCH3 is 1. The summed E-state index contributed by atoms with van der Waals surface area (Å²) in [6.07, 6.45) is 14.9. The van der Waals surface area contributed by atoms with Crippen LogP contribution in [0.4, 0.5) is 39.8 Å². The molecule has 0 bridgehead atoms. The van der Waals surface area contributed by atoms with Crippen LogP contribution in [0, 0.1) is 0 Å². The van der Waals surface area contributed by atoms with Crippen molar-refractivity contribution in [2.24, 2.45) is 0 Å².